The van der Waals surface area contributed by atoms with Gasteiger partial charge in [-0.3, -0.25) is 4.79 Å². The molecule has 2 rings (SSSR count). The molecule has 0 bridgehead atoms. The van der Waals surface area contributed by atoms with Crippen molar-refractivity contribution in [1.82, 2.24) is 10.6 Å². The van der Waals surface area contributed by atoms with Crippen molar-refractivity contribution >= 4 is 17.7 Å². The first-order valence-electron chi connectivity index (χ1n) is 7.01. The SMILES string of the molecule is CC(CNC(=O)[C@H]1NCCO[C@@H]1C)Sc1ccccc1. The van der Waals surface area contributed by atoms with Gasteiger partial charge in [-0.1, -0.05) is 25.1 Å². The molecule has 2 N–H and O–H groups in total. The van der Waals surface area contributed by atoms with Crippen LogP contribution in [0.3, 0.4) is 0 Å². The number of hydrogen-bond acceptors (Lipinski definition) is 4. The van der Waals surface area contributed by atoms with Crippen LogP contribution < -0.4 is 10.6 Å². The van der Waals surface area contributed by atoms with Gasteiger partial charge in [0.25, 0.3) is 0 Å². The van der Waals surface area contributed by atoms with Crippen molar-refractivity contribution < 1.29 is 9.53 Å². The lowest BCUT2D eigenvalue weighted by Gasteiger charge is -2.29. The monoisotopic (exact) mass is 294 g/mol. The fourth-order valence-electron chi connectivity index (χ4n) is 2.15. The summed E-state index contributed by atoms with van der Waals surface area (Å²) in [7, 11) is 0. The van der Waals surface area contributed by atoms with Crippen LogP contribution in [0.15, 0.2) is 35.2 Å². The summed E-state index contributed by atoms with van der Waals surface area (Å²) < 4.78 is 5.49. The molecule has 0 saturated carbocycles. The molecule has 1 heterocycles. The maximum atomic E-state index is 12.1. The van der Waals surface area contributed by atoms with Crippen molar-refractivity contribution in [2.45, 2.75) is 36.1 Å². The van der Waals surface area contributed by atoms with E-state index < -0.39 is 0 Å². The number of hydrogen-bond donors (Lipinski definition) is 2. The van der Waals surface area contributed by atoms with E-state index in [0.717, 1.165) is 6.54 Å². The van der Waals surface area contributed by atoms with Crippen molar-refractivity contribution in [1.29, 1.82) is 0 Å². The predicted molar refractivity (Wildman–Crippen MR) is 82.0 cm³/mol. The standard InChI is InChI=1S/C15H22N2O2S/c1-11(20-13-6-4-3-5-7-13)10-17-15(18)14-12(2)19-9-8-16-14/h3-7,11-12,14,16H,8-10H2,1-2H3,(H,17,18)/t11?,12-,14+/m1/s1. The van der Waals surface area contributed by atoms with Gasteiger partial charge in [0.15, 0.2) is 0 Å². The highest BCUT2D eigenvalue weighted by Crippen LogP contribution is 2.21. The third-order valence-electron chi connectivity index (χ3n) is 3.24. The molecule has 1 aromatic rings. The van der Waals surface area contributed by atoms with Crippen LogP contribution in [0.25, 0.3) is 0 Å². The molecule has 0 radical (unpaired) electrons. The van der Waals surface area contributed by atoms with Gasteiger partial charge in [-0.25, -0.2) is 0 Å². The summed E-state index contributed by atoms with van der Waals surface area (Å²) in [5.74, 6) is 0.0257. The quantitative estimate of drug-likeness (QED) is 0.811. The van der Waals surface area contributed by atoms with Gasteiger partial charge < -0.3 is 15.4 Å². The van der Waals surface area contributed by atoms with E-state index in [9.17, 15) is 4.79 Å². The molecule has 3 atom stereocenters. The number of amides is 1. The minimum atomic E-state index is -0.238. The van der Waals surface area contributed by atoms with Gasteiger partial charge in [-0.05, 0) is 19.1 Å². The molecule has 1 aromatic carbocycles. The van der Waals surface area contributed by atoms with Crippen molar-refractivity contribution in [3.05, 3.63) is 30.3 Å². The Kier molecular flexibility index (Phi) is 5.88. The normalized spacial score (nSPS) is 24.1. The molecule has 4 nitrogen and oxygen atoms in total. The van der Waals surface area contributed by atoms with Crippen LogP contribution in [-0.2, 0) is 9.53 Å². The summed E-state index contributed by atoms with van der Waals surface area (Å²) in [5, 5.41) is 6.53. The highest BCUT2D eigenvalue weighted by Gasteiger charge is 2.28. The minimum absolute atomic E-state index is 0.0257. The van der Waals surface area contributed by atoms with Gasteiger partial charge in [0, 0.05) is 23.2 Å². The number of thioether (sulfide) groups is 1. The predicted octanol–water partition coefficient (Wildman–Crippen LogP) is 1.66. The Morgan fingerprint density at radius 1 is 1.50 bits per heavy atom. The number of benzene rings is 1. The molecule has 0 aliphatic carbocycles. The Labute approximate surface area is 124 Å². The Hall–Kier alpha value is -1.04. The van der Waals surface area contributed by atoms with E-state index in [2.05, 4.69) is 29.7 Å². The van der Waals surface area contributed by atoms with E-state index in [1.807, 2.05) is 25.1 Å². The summed E-state index contributed by atoms with van der Waals surface area (Å²) in [5.41, 5.74) is 0. The molecule has 20 heavy (non-hydrogen) atoms. The fourth-order valence-corrected chi connectivity index (χ4v) is 3.10. The molecule has 1 aliphatic rings. The van der Waals surface area contributed by atoms with Crippen LogP contribution >= 0.6 is 11.8 Å². The van der Waals surface area contributed by atoms with Gasteiger partial charge in [-0.2, -0.15) is 0 Å². The van der Waals surface area contributed by atoms with Crippen LogP contribution in [0.4, 0.5) is 0 Å². The first-order valence-corrected chi connectivity index (χ1v) is 7.89. The number of ether oxygens (including phenoxy) is 1. The van der Waals surface area contributed by atoms with Crippen LogP contribution in [0.1, 0.15) is 13.8 Å². The average molecular weight is 294 g/mol. The van der Waals surface area contributed by atoms with Gasteiger partial charge in [-0.15, -0.1) is 11.8 Å². The number of morpholine rings is 1. The second-order valence-corrected chi connectivity index (χ2v) is 6.51. The Balaban J connectivity index is 1.75. The molecule has 1 fully saturated rings. The average Bonchev–Trinajstić information content (AvgIpc) is 2.46. The molecule has 1 unspecified atom stereocenters. The van der Waals surface area contributed by atoms with Gasteiger partial charge in [0.1, 0.15) is 6.04 Å². The lowest BCUT2D eigenvalue weighted by Crippen LogP contribution is -2.56. The van der Waals surface area contributed by atoms with Crippen molar-refractivity contribution in [2.75, 3.05) is 19.7 Å². The second kappa shape index (κ2) is 7.67. The van der Waals surface area contributed by atoms with E-state index in [-0.39, 0.29) is 18.1 Å². The summed E-state index contributed by atoms with van der Waals surface area (Å²) in [4.78, 5) is 13.3. The Morgan fingerprint density at radius 2 is 2.25 bits per heavy atom. The van der Waals surface area contributed by atoms with E-state index in [0.29, 0.717) is 18.4 Å². The van der Waals surface area contributed by atoms with Crippen LogP contribution in [-0.4, -0.2) is 43.0 Å². The van der Waals surface area contributed by atoms with Crippen LogP contribution in [0.5, 0.6) is 0 Å². The van der Waals surface area contributed by atoms with Gasteiger partial charge >= 0.3 is 0 Å². The largest absolute Gasteiger partial charge is 0.375 e. The maximum Gasteiger partial charge on any atom is 0.239 e. The molecule has 0 aromatic heterocycles. The van der Waals surface area contributed by atoms with Crippen molar-refractivity contribution in [3.63, 3.8) is 0 Å². The molecule has 1 amide bonds. The Morgan fingerprint density at radius 3 is 2.95 bits per heavy atom. The number of carbonyl (C=O) groups is 1. The third-order valence-corrected chi connectivity index (χ3v) is 4.36. The fraction of sp³-hybridized carbons (Fsp3) is 0.533. The summed E-state index contributed by atoms with van der Waals surface area (Å²) in [6, 6.07) is 9.99. The maximum absolute atomic E-state index is 12.1. The van der Waals surface area contributed by atoms with E-state index in [4.69, 9.17) is 4.74 Å². The lowest BCUT2D eigenvalue weighted by molar-refractivity contribution is -0.128. The lowest BCUT2D eigenvalue weighted by atomic mass is 10.1. The van der Waals surface area contributed by atoms with Crippen molar-refractivity contribution in [2.24, 2.45) is 0 Å². The zero-order valence-electron chi connectivity index (χ0n) is 12.0. The summed E-state index contributed by atoms with van der Waals surface area (Å²) in [6.45, 7) is 6.11. The highest BCUT2D eigenvalue weighted by molar-refractivity contribution is 8.00. The molecular weight excluding hydrogens is 272 g/mol. The summed E-state index contributed by atoms with van der Waals surface area (Å²) >= 11 is 1.77. The second-order valence-electron chi connectivity index (χ2n) is 4.99. The molecule has 0 spiro atoms. The molecular formula is C15H22N2O2S. The van der Waals surface area contributed by atoms with Crippen LogP contribution in [0.2, 0.25) is 0 Å². The smallest absolute Gasteiger partial charge is 0.239 e. The molecule has 110 valence electrons. The molecule has 1 aliphatic heterocycles. The first-order chi connectivity index (χ1) is 9.66. The van der Waals surface area contributed by atoms with Gasteiger partial charge in [0.05, 0.1) is 12.7 Å². The van der Waals surface area contributed by atoms with E-state index >= 15 is 0 Å². The zero-order chi connectivity index (χ0) is 14.4. The zero-order valence-corrected chi connectivity index (χ0v) is 12.8. The van der Waals surface area contributed by atoms with Crippen molar-refractivity contribution in [3.8, 4) is 0 Å². The highest BCUT2D eigenvalue weighted by atomic mass is 32.2. The van der Waals surface area contributed by atoms with E-state index in [1.54, 1.807) is 11.8 Å². The molecule has 5 heteroatoms. The minimum Gasteiger partial charge on any atom is -0.375 e. The summed E-state index contributed by atoms with van der Waals surface area (Å²) in [6.07, 6.45) is -0.0687. The van der Waals surface area contributed by atoms with Gasteiger partial charge in [0.2, 0.25) is 5.91 Å². The third kappa shape index (κ3) is 4.51. The topological polar surface area (TPSA) is 50.4 Å². The first kappa shape index (κ1) is 15.4. The number of rotatable bonds is 5. The van der Waals surface area contributed by atoms with E-state index in [1.165, 1.54) is 4.90 Å². The Bertz CT molecular complexity index is 427. The van der Waals surface area contributed by atoms with Crippen LogP contribution in [0, 0.1) is 0 Å². The number of nitrogens with one attached hydrogen (secondary N) is 2. The molecule has 1 saturated heterocycles. The number of carbonyl (C=O) groups excluding carboxylic acids is 1.